The van der Waals surface area contributed by atoms with Crippen LogP contribution < -0.4 is 0 Å². The van der Waals surface area contributed by atoms with E-state index in [4.69, 9.17) is 4.74 Å². The van der Waals surface area contributed by atoms with Crippen molar-refractivity contribution in [3.63, 3.8) is 0 Å². The summed E-state index contributed by atoms with van der Waals surface area (Å²) in [6.07, 6.45) is 5.50. The van der Waals surface area contributed by atoms with Gasteiger partial charge < -0.3 is 9.30 Å². The van der Waals surface area contributed by atoms with Crippen molar-refractivity contribution in [2.24, 2.45) is 18.9 Å². The van der Waals surface area contributed by atoms with Crippen molar-refractivity contribution in [1.29, 1.82) is 0 Å². The monoisotopic (exact) mass is 398 g/mol. The second kappa shape index (κ2) is 7.02. The molecule has 3 aromatic rings. The smallest absolute Gasteiger partial charge is 0.0922 e. The van der Waals surface area contributed by atoms with E-state index in [1.54, 1.807) is 11.3 Å². The van der Waals surface area contributed by atoms with Crippen LogP contribution in [0.2, 0.25) is 0 Å². The Bertz CT molecular complexity index is 1110. The van der Waals surface area contributed by atoms with Crippen molar-refractivity contribution in [2.75, 3.05) is 6.61 Å². The topological polar surface area (TPSA) is 17.4 Å². The average Bonchev–Trinajstić information content (AvgIpc) is 3.06. The Hall–Kier alpha value is -2.52. The van der Waals surface area contributed by atoms with E-state index in [1.807, 2.05) is 0 Å². The lowest BCUT2D eigenvalue weighted by atomic mass is 9.67. The predicted octanol–water partition coefficient (Wildman–Crippen LogP) is 5.61. The van der Waals surface area contributed by atoms with Gasteiger partial charge in [-0.15, -0.1) is 0 Å². The zero-order valence-electron chi connectivity index (χ0n) is 17.9. The molecular formula is C27H30N2O. The summed E-state index contributed by atoms with van der Waals surface area (Å²) in [6, 6.07) is 21.0. The molecule has 4 atom stereocenters. The van der Waals surface area contributed by atoms with Gasteiger partial charge in [0.2, 0.25) is 0 Å². The summed E-state index contributed by atoms with van der Waals surface area (Å²) < 4.78 is 8.50. The van der Waals surface area contributed by atoms with E-state index in [9.17, 15) is 0 Å². The minimum Gasteiger partial charge on any atom is -0.501 e. The van der Waals surface area contributed by atoms with Crippen molar-refractivity contribution in [3.05, 3.63) is 83.3 Å². The second-order valence-corrected chi connectivity index (χ2v) is 9.27. The van der Waals surface area contributed by atoms with Gasteiger partial charge in [0.05, 0.1) is 18.9 Å². The Morgan fingerprint density at radius 1 is 1.03 bits per heavy atom. The van der Waals surface area contributed by atoms with Crippen LogP contribution in [0.1, 0.15) is 42.6 Å². The normalized spacial score (nSPS) is 27.9. The van der Waals surface area contributed by atoms with Crippen LogP contribution in [0.25, 0.3) is 10.9 Å². The molecular weight excluding hydrogens is 368 g/mol. The second-order valence-electron chi connectivity index (χ2n) is 9.27. The fourth-order valence-corrected chi connectivity index (χ4v) is 6.55. The van der Waals surface area contributed by atoms with Crippen molar-refractivity contribution < 1.29 is 4.74 Å². The van der Waals surface area contributed by atoms with E-state index in [2.05, 4.69) is 84.3 Å². The molecule has 4 heterocycles. The third kappa shape index (κ3) is 2.61. The summed E-state index contributed by atoms with van der Waals surface area (Å²) in [5.74, 6) is 1.23. The molecule has 3 nitrogen and oxygen atoms in total. The molecule has 3 aliphatic rings. The molecule has 2 aromatic carbocycles. The van der Waals surface area contributed by atoms with Gasteiger partial charge in [-0.25, -0.2) is 0 Å². The van der Waals surface area contributed by atoms with Crippen LogP contribution in [0.5, 0.6) is 0 Å². The quantitative estimate of drug-likeness (QED) is 0.571. The molecule has 1 saturated heterocycles. The van der Waals surface area contributed by atoms with Crippen LogP contribution in [0, 0.1) is 11.8 Å². The van der Waals surface area contributed by atoms with E-state index in [0.29, 0.717) is 23.9 Å². The molecule has 1 aromatic heterocycles. The number of allylic oxidation sites excluding steroid dienone is 1. The van der Waals surface area contributed by atoms with Crippen molar-refractivity contribution >= 4 is 10.9 Å². The van der Waals surface area contributed by atoms with Gasteiger partial charge in [0, 0.05) is 42.1 Å². The number of hydrogen-bond acceptors (Lipinski definition) is 2. The standard InChI is InChI=1S/C27H30N2O/c1-3-19-16-30-17-23-21(19)13-26-27-22(20-11-7-8-12-24(20)28(27)2)14-25(23)29(26)15-18-9-5-4-6-10-18/h4-12,16,21,23,25-26H,3,13-15,17H2,1-2H3/t21-,23+,25-,26-/m0/s1. The Labute approximate surface area is 178 Å². The van der Waals surface area contributed by atoms with Gasteiger partial charge in [-0.3, -0.25) is 4.90 Å². The van der Waals surface area contributed by atoms with Crippen molar-refractivity contribution in [3.8, 4) is 0 Å². The Kier molecular flexibility index (Phi) is 4.28. The molecule has 3 aliphatic heterocycles. The van der Waals surface area contributed by atoms with E-state index in [-0.39, 0.29) is 0 Å². The zero-order chi connectivity index (χ0) is 20.2. The summed E-state index contributed by atoms with van der Waals surface area (Å²) in [5.41, 5.74) is 7.43. The highest BCUT2D eigenvalue weighted by molar-refractivity contribution is 5.86. The first kappa shape index (κ1) is 18.3. The number of ether oxygens (including phenoxy) is 1. The van der Waals surface area contributed by atoms with Gasteiger partial charge >= 0.3 is 0 Å². The first-order chi connectivity index (χ1) is 14.8. The summed E-state index contributed by atoms with van der Waals surface area (Å²) in [4.78, 5) is 2.81. The summed E-state index contributed by atoms with van der Waals surface area (Å²) in [6.45, 7) is 4.16. The molecule has 0 amide bonds. The SMILES string of the molecule is CCC1=COC[C@@H]2[C@H]1C[C@H]1c3c(c4ccccc4n3C)C[C@@H]2N1Cc1ccccc1. The first-order valence-electron chi connectivity index (χ1n) is 11.4. The molecule has 6 rings (SSSR count). The van der Waals surface area contributed by atoms with Gasteiger partial charge in [0.15, 0.2) is 0 Å². The molecule has 3 heteroatoms. The molecule has 0 aliphatic carbocycles. The molecule has 0 unspecified atom stereocenters. The molecule has 0 saturated carbocycles. The molecule has 0 N–H and O–H groups in total. The number of fused-ring (bicyclic) bond motifs is 8. The van der Waals surface area contributed by atoms with E-state index in [1.165, 1.54) is 28.5 Å². The number of nitrogens with zero attached hydrogens (tertiary/aromatic N) is 2. The lowest BCUT2D eigenvalue weighted by Gasteiger charge is -2.54. The number of piperidine rings is 1. The van der Waals surface area contributed by atoms with E-state index in [0.717, 1.165) is 26.0 Å². The lowest BCUT2D eigenvalue weighted by Crippen LogP contribution is -2.56. The highest BCUT2D eigenvalue weighted by Crippen LogP contribution is 2.52. The van der Waals surface area contributed by atoms with E-state index < -0.39 is 0 Å². The predicted molar refractivity (Wildman–Crippen MR) is 121 cm³/mol. The Morgan fingerprint density at radius 2 is 1.83 bits per heavy atom. The van der Waals surface area contributed by atoms with Crippen molar-refractivity contribution in [2.45, 2.75) is 44.8 Å². The number of rotatable bonds is 3. The number of hydrogen-bond donors (Lipinski definition) is 0. The van der Waals surface area contributed by atoms with Crippen LogP contribution in [-0.2, 0) is 24.8 Å². The fraction of sp³-hybridized carbons (Fsp3) is 0.407. The first-order valence-corrected chi connectivity index (χ1v) is 11.4. The van der Waals surface area contributed by atoms with Gasteiger partial charge in [0.25, 0.3) is 0 Å². The van der Waals surface area contributed by atoms with Gasteiger partial charge in [0.1, 0.15) is 0 Å². The number of aryl methyl sites for hydroxylation is 1. The van der Waals surface area contributed by atoms with Crippen LogP contribution in [0.4, 0.5) is 0 Å². The maximum absolute atomic E-state index is 6.02. The highest BCUT2D eigenvalue weighted by atomic mass is 16.5. The van der Waals surface area contributed by atoms with Gasteiger partial charge in [-0.05, 0) is 47.9 Å². The number of para-hydroxylation sites is 1. The minimum absolute atomic E-state index is 0.464. The lowest BCUT2D eigenvalue weighted by molar-refractivity contribution is -0.0444. The van der Waals surface area contributed by atoms with Gasteiger partial charge in [-0.2, -0.15) is 0 Å². The molecule has 2 bridgehead atoms. The molecule has 1 fully saturated rings. The number of benzene rings is 2. The highest BCUT2D eigenvalue weighted by Gasteiger charge is 2.50. The minimum atomic E-state index is 0.464. The van der Waals surface area contributed by atoms with Crippen molar-refractivity contribution in [1.82, 2.24) is 9.47 Å². The third-order valence-electron chi connectivity index (χ3n) is 7.92. The molecule has 0 radical (unpaired) electrons. The van der Waals surface area contributed by atoms with E-state index >= 15 is 0 Å². The summed E-state index contributed by atoms with van der Waals surface area (Å²) in [7, 11) is 2.27. The van der Waals surface area contributed by atoms with Crippen LogP contribution >= 0.6 is 0 Å². The largest absolute Gasteiger partial charge is 0.501 e. The van der Waals surface area contributed by atoms with Crippen LogP contribution in [0.3, 0.4) is 0 Å². The molecule has 0 spiro atoms. The van der Waals surface area contributed by atoms with Gasteiger partial charge in [-0.1, -0.05) is 55.5 Å². The Balaban J connectivity index is 1.50. The average molecular weight is 399 g/mol. The Morgan fingerprint density at radius 3 is 2.67 bits per heavy atom. The fourth-order valence-electron chi connectivity index (χ4n) is 6.55. The van der Waals surface area contributed by atoms with Crippen LogP contribution in [0.15, 0.2) is 66.4 Å². The number of aromatic nitrogens is 1. The summed E-state index contributed by atoms with van der Waals surface area (Å²) in [5, 5.41) is 1.45. The maximum Gasteiger partial charge on any atom is 0.0922 e. The van der Waals surface area contributed by atoms with Crippen LogP contribution in [-0.4, -0.2) is 22.1 Å². The summed E-state index contributed by atoms with van der Waals surface area (Å²) >= 11 is 0. The molecule has 154 valence electrons. The third-order valence-corrected chi connectivity index (χ3v) is 7.92. The maximum atomic E-state index is 6.02. The zero-order valence-corrected chi connectivity index (χ0v) is 17.9. The molecule has 30 heavy (non-hydrogen) atoms.